The Bertz CT molecular complexity index is 843. The number of aromatic amines is 1. The molecule has 0 fully saturated rings. The lowest BCUT2D eigenvalue weighted by Gasteiger charge is -1.97. The molecular weight excluding hydrogens is 278 g/mol. The van der Waals surface area contributed by atoms with Gasteiger partial charge in [-0.15, -0.1) is 0 Å². The van der Waals surface area contributed by atoms with Gasteiger partial charge in [-0.25, -0.2) is 5.43 Å². The second kappa shape index (κ2) is 5.85. The van der Waals surface area contributed by atoms with E-state index in [1.807, 2.05) is 49.0 Å². The molecule has 1 aromatic carbocycles. The Morgan fingerprint density at radius 3 is 3.05 bits per heavy atom. The molecule has 0 atom stereocenters. The van der Waals surface area contributed by atoms with Crippen LogP contribution in [0.25, 0.3) is 10.9 Å². The number of nitrogens with one attached hydrogen (secondary N) is 2. The topological polar surface area (TPSA) is 75.1 Å². The number of hydrazone groups is 1. The molecule has 1 amide bonds. The van der Waals surface area contributed by atoms with E-state index in [0.29, 0.717) is 5.56 Å². The van der Waals surface area contributed by atoms with Crippen LogP contribution >= 0.6 is 0 Å². The van der Waals surface area contributed by atoms with E-state index >= 15 is 0 Å². The van der Waals surface area contributed by atoms with E-state index < -0.39 is 0 Å². The maximum Gasteiger partial charge on any atom is 0.273 e. The van der Waals surface area contributed by atoms with E-state index in [1.165, 1.54) is 0 Å². The van der Waals surface area contributed by atoms with Gasteiger partial charge >= 0.3 is 0 Å². The summed E-state index contributed by atoms with van der Waals surface area (Å²) in [7, 11) is 0. The number of rotatable bonds is 4. The molecule has 6 nitrogen and oxygen atoms in total. The average Bonchev–Trinajstić information content (AvgIpc) is 3.11. The van der Waals surface area contributed by atoms with Crippen molar-refractivity contribution >= 4 is 23.0 Å². The van der Waals surface area contributed by atoms with Crippen molar-refractivity contribution in [3.05, 3.63) is 53.5 Å². The first-order valence-corrected chi connectivity index (χ1v) is 7.12. The third-order valence-electron chi connectivity index (χ3n) is 3.51. The molecule has 0 unspecified atom stereocenters. The number of H-pyrrole nitrogens is 1. The third kappa shape index (κ3) is 2.63. The number of carbonyl (C=O) groups is 1. The number of amides is 1. The maximum absolute atomic E-state index is 12.2. The molecule has 0 saturated heterocycles. The van der Waals surface area contributed by atoms with Gasteiger partial charge < -0.3 is 4.98 Å². The minimum absolute atomic E-state index is 0.241. The quantitative estimate of drug-likeness (QED) is 0.573. The minimum atomic E-state index is -0.241. The zero-order chi connectivity index (χ0) is 15.5. The molecular formula is C16H17N5O. The number of para-hydroxylation sites is 1. The van der Waals surface area contributed by atoms with Crippen LogP contribution in [0.5, 0.6) is 0 Å². The average molecular weight is 295 g/mol. The number of hydrogen-bond donors (Lipinski definition) is 2. The van der Waals surface area contributed by atoms with Crippen molar-refractivity contribution in [1.29, 1.82) is 0 Å². The predicted octanol–water partition coefficient (Wildman–Crippen LogP) is 2.46. The summed E-state index contributed by atoms with van der Waals surface area (Å²) in [6, 6.07) is 7.66. The Morgan fingerprint density at radius 2 is 2.27 bits per heavy atom. The summed E-state index contributed by atoms with van der Waals surface area (Å²) in [4.78, 5) is 15.3. The largest absolute Gasteiger partial charge is 0.360 e. The molecule has 0 radical (unpaired) electrons. The minimum Gasteiger partial charge on any atom is -0.360 e. The van der Waals surface area contributed by atoms with Crippen LogP contribution in [0.15, 0.2) is 41.8 Å². The first-order chi connectivity index (χ1) is 10.7. The standard InChI is InChI=1S/C16H17N5O/c1-3-21-10-12(11(2)20-21)8-18-19-16(22)14-9-17-15-7-5-4-6-13(14)15/h4-10,17H,3H2,1-2H3,(H,19,22)/b18-8+. The number of fused-ring (bicyclic) bond motifs is 1. The second-order valence-corrected chi connectivity index (χ2v) is 4.97. The van der Waals surface area contributed by atoms with Crippen molar-refractivity contribution in [2.45, 2.75) is 20.4 Å². The predicted molar refractivity (Wildman–Crippen MR) is 86.0 cm³/mol. The van der Waals surface area contributed by atoms with E-state index in [-0.39, 0.29) is 5.91 Å². The molecule has 0 aliphatic heterocycles. The molecule has 0 saturated carbocycles. The fourth-order valence-corrected chi connectivity index (χ4v) is 2.30. The lowest BCUT2D eigenvalue weighted by Crippen LogP contribution is -2.17. The molecule has 3 aromatic rings. The van der Waals surface area contributed by atoms with Crippen molar-refractivity contribution in [3.8, 4) is 0 Å². The number of nitrogens with zero attached hydrogens (tertiary/aromatic N) is 3. The van der Waals surface area contributed by atoms with Crippen LogP contribution in [0.2, 0.25) is 0 Å². The molecule has 2 aromatic heterocycles. The van der Waals surface area contributed by atoms with Crippen LogP contribution in [-0.2, 0) is 6.54 Å². The molecule has 2 heterocycles. The van der Waals surface area contributed by atoms with E-state index in [0.717, 1.165) is 28.7 Å². The van der Waals surface area contributed by atoms with E-state index in [2.05, 4.69) is 20.6 Å². The number of hydrogen-bond acceptors (Lipinski definition) is 3. The van der Waals surface area contributed by atoms with Gasteiger partial charge in [0.25, 0.3) is 5.91 Å². The molecule has 6 heteroatoms. The van der Waals surface area contributed by atoms with Crippen molar-refractivity contribution in [2.24, 2.45) is 5.10 Å². The summed E-state index contributed by atoms with van der Waals surface area (Å²) in [5, 5.41) is 9.23. The summed E-state index contributed by atoms with van der Waals surface area (Å²) in [6.07, 6.45) is 5.20. The van der Waals surface area contributed by atoms with Gasteiger partial charge in [-0.2, -0.15) is 10.2 Å². The van der Waals surface area contributed by atoms with E-state index in [1.54, 1.807) is 12.4 Å². The monoisotopic (exact) mass is 295 g/mol. The number of carbonyl (C=O) groups excluding carboxylic acids is 1. The highest BCUT2D eigenvalue weighted by molar-refractivity contribution is 6.06. The normalized spacial score (nSPS) is 11.4. The molecule has 112 valence electrons. The molecule has 0 bridgehead atoms. The van der Waals surface area contributed by atoms with Crippen molar-refractivity contribution in [1.82, 2.24) is 20.2 Å². The van der Waals surface area contributed by atoms with Crippen molar-refractivity contribution < 1.29 is 4.79 Å². The SMILES string of the molecule is CCn1cc(/C=N/NC(=O)c2c[nH]c3ccccc23)c(C)n1. The van der Waals surface area contributed by atoms with Crippen LogP contribution in [0.4, 0.5) is 0 Å². The van der Waals surface area contributed by atoms with Gasteiger partial charge in [0.1, 0.15) is 0 Å². The van der Waals surface area contributed by atoms with E-state index in [9.17, 15) is 4.79 Å². The Labute approximate surface area is 127 Å². The highest BCUT2D eigenvalue weighted by atomic mass is 16.2. The fourth-order valence-electron chi connectivity index (χ4n) is 2.30. The maximum atomic E-state index is 12.2. The Balaban J connectivity index is 1.74. The van der Waals surface area contributed by atoms with Crippen LogP contribution in [-0.4, -0.2) is 26.9 Å². The summed E-state index contributed by atoms with van der Waals surface area (Å²) in [6.45, 7) is 4.73. The third-order valence-corrected chi connectivity index (χ3v) is 3.51. The van der Waals surface area contributed by atoms with E-state index in [4.69, 9.17) is 0 Å². The number of benzene rings is 1. The van der Waals surface area contributed by atoms with Crippen LogP contribution in [0.1, 0.15) is 28.5 Å². The summed E-state index contributed by atoms with van der Waals surface area (Å²) in [5.74, 6) is -0.241. The van der Waals surface area contributed by atoms with Crippen LogP contribution in [0, 0.1) is 6.92 Å². The van der Waals surface area contributed by atoms with Crippen LogP contribution in [0.3, 0.4) is 0 Å². The molecule has 3 rings (SSSR count). The zero-order valence-corrected chi connectivity index (χ0v) is 12.5. The van der Waals surface area contributed by atoms with Gasteiger partial charge in [0.05, 0.1) is 17.5 Å². The lowest BCUT2D eigenvalue weighted by atomic mass is 10.2. The van der Waals surface area contributed by atoms with Gasteiger partial charge in [-0.1, -0.05) is 18.2 Å². The van der Waals surface area contributed by atoms with Gasteiger partial charge in [0.15, 0.2) is 0 Å². The number of aromatic nitrogens is 3. The summed E-state index contributed by atoms with van der Waals surface area (Å²) < 4.78 is 1.83. The van der Waals surface area contributed by atoms with Gasteiger partial charge in [-0.05, 0) is 19.9 Å². The van der Waals surface area contributed by atoms with Crippen LogP contribution < -0.4 is 5.43 Å². The first-order valence-electron chi connectivity index (χ1n) is 7.12. The van der Waals surface area contributed by atoms with Crippen molar-refractivity contribution in [2.75, 3.05) is 0 Å². The van der Waals surface area contributed by atoms with Gasteiger partial charge in [0.2, 0.25) is 0 Å². The molecule has 2 N–H and O–H groups in total. The second-order valence-electron chi connectivity index (χ2n) is 4.97. The molecule has 0 aliphatic rings. The smallest absolute Gasteiger partial charge is 0.273 e. The number of aryl methyl sites for hydroxylation is 2. The summed E-state index contributed by atoms with van der Waals surface area (Å²) >= 11 is 0. The fraction of sp³-hybridized carbons (Fsp3) is 0.188. The Hall–Kier alpha value is -2.89. The van der Waals surface area contributed by atoms with Gasteiger partial charge in [-0.3, -0.25) is 9.48 Å². The molecule has 0 spiro atoms. The summed E-state index contributed by atoms with van der Waals surface area (Å²) in [5.41, 5.74) is 5.83. The highest BCUT2D eigenvalue weighted by Gasteiger charge is 2.10. The first kappa shape index (κ1) is 14.1. The highest BCUT2D eigenvalue weighted by Crippen LogP contribution is 2.17. The van der Waals surface area contributed by atoms with Crippen molar-refractivity contribution in [3.63, 3.8) is 0 Å². The Morgan fingerprint density at radius 1 is 1.45 bits per heavy atom. The Kier molecular flexibility index (Phi) is 3.74. The zero-order valence-electron chi connectivity index (χ0n) is 12.5. The lowest BCUT2D eigenvalue weighted by molar-refractivity contribution is 0.0957. The molecule has 22 heavy (non-hydrogen) atoms. The molecule has 0 aliphatic carbocycles. The van der Waals surface area contributed by atoms with Gasteiger partial charge in [0, 0.05) is 35.4 Å².